The van der Waals surface area contributed by atoms with Crippen molar-refractivity contribution < 1.29 is 17.4 Å². The molecule has 1 unspecified atom stereocenters. The van der Waals surface area contributed by atoms with Crippen LogP contribution >= 0.6 is 0 Å². The van der Waals surface area contributed by atoms with Crippen LogP contribution in [-0.4, -0.2) is 41.2 Å². The predicted octanol–water partition coefficient (Wildman–Crippen LogP) is 0.215. The van der Waals surface area contributed by atoms with Crippen LogP contribution in [-0.2, 0) is 20.8 Å². The lowest BCUT2D eigenvalue weighted by Crippen LogP contribution is -2.30. The number of carbonyl (C=O) groups is 1. The molecule has 0 saturated carbocycles. The molecule has 21 heavy (non-hydrogen) atoms. The van der Waals surface area contributed by atoms with E-state index in [9.17, 15) is 17.4 Å². The Morgan fingerprint density at radius 1 is 1.48 bits per heavy atom. The summed E-state index contributed by atoms with van der Waals surface area (Å²) >= 11 is 0. The highest BCUT2D eigenvalue weighted by atomic mass is 32.2. The van der Waals surface area contributed by atoms with Gasteiger partial charge in [-0.25, -0.2) is 13.6 Å². The number of aromatic nitrogens is 1. The van der Waals surface area contributed by atoms with E-state index in [0.717, 1.165) is 0 Å². The molecule has 1 aromatic heterocycles. The van der Waals surface area contributed by atoms with E-state index in [1.54, 1.807) is 11.5 Å². The molecule has 0 aliphatic rings. The van der Waals surface area contributed by atoms with Crippen LogP contribution in [0.3, 0.4) is 0 Å². The smallest absolute Gasteiger partial charge is 0.267 e. The molecule has 0 fully saturated rings. The van der Waals surface area contributed by atoms with Crippen molar-refractivity contribution in [2.75, 3.05) is 18.1 Å². The highest BCUT2D eigenvalue weighted by Gasteiger charge is 2.20. The largest absolute Gasteiger partial charge is 0.350 e. The van der Waals surface area contributed by atoms with Gasteiger partial charge in [0.15, 0.2) is 0 Å². The van der Waals surface area contributed by atoms with Gasteiger partial charge in [-0.05, 0) is 19.9 Å². The van der Waals surface area contributed by atoms with Crippen molar-refractivity contribution in [3.05, 3.63) is 18.0 Å². The van der Waals surface area contributed by atoms with Crippen LogP contribution in [0.15, 0.2) is 17.2 Å². The van der Waals surface area contributed by atoms with Crippen molar-refractivity contribution in [3.8, 4) is 0 Å². The standard InChI is InChI=1S/C12H21N3O4S2/c1-4-20(17)6-5-14-12(16)11-7-10(21(13,18)19)8-15(11)9(2)3/h7-9H,4-6H2,1-3H3,(H,14,16)(H2,13,18,19). The summed E-state index contributed by atoms with van der Waals surface area (Å²) in [4.78, 5) is 12.0. The van der Waals surface area contributed by atoms with Crippen molar-refractivity contribution in [3.63, 3.8) is 0 Å². The Morgan fingerprint density at radius 3 is 2.57 bits per heavy atom. The van der Waals surface area contributed by atoms with Crippen molar-refractivity contribution >= 4 is 26.7 Å². The minimum atomic E-state index is -3.86. The second kappa shape index (κ2) is 7.19. The van der Waals surface area contributed by atoms with E-state index in [0.29, 0.717) is 11.5 Å². The van der Waals surface area contributed by atoms with E-state index in [4.69, 9.17) is 5.14 Å². The van der Waals surface area contributed by atoms with Crippen molar-refractivity contribution in [2.24, 2.45) is 5.14 Å². The molecule has 0 aliphatic heterocycles. The van der Waals surface area contributed by atoms with E-state index in [1.807, 2.05) is 13.8 Å². The maximum atomic E-state index is 12.1. The van der Waals surface area contributed by atoms with Gasteiger partial charge >= 0.3 is 0 Å². The summed E-state index contributed by atoms with van der Waals surface area (Å²) in [5.41, 5.74) is 0.219. The summed E-state index contributed by atoms with van der Waals surface area (Å²) in [5, 5.41) is 7.72. The normalized spacial score (nSPS) is 13.4. The minimum Gasteiger partial charge on any atom is -0.350 e. The van der Waals surface area contributed by atoms with E-state index < -0.39 is 26.7 Å². The number of nitrogens with one attached hydrogen (secondary N) is 1. The maximum Gasteiger partial charge on any atom is 0.267 e. The van der Waals surface area contributed by atoms with Crippen LogP contribution in [0.5, 0.6) is 0 Å². The lowest BCUT2D eigenvalue weighted by atomic mass is 10.3. The SMILES string of the molecule is CCS(=O)CCNC(=O)c1cc(S(N)(=O)=O)cn1C(C)C. The number of sulfonamides is 1. The van der Waals surface area contributed by atoms with E-state index in [2.05, 4.69) is 5.32 Å². The third-order valence-corrected chi connectivity index (χ3v) is 5.06. The fraction of sp³-hybridized carbons (Fsp3) is 0.583. The highest BCUT2D eigenvalue weighted by molar-refractivity contribution is 7.89. The van der Waals surface area contributed by atoms with Crippen LogP contribution in [0.1, 0.15) is 37.3 Å². The molecule has 1 amide bonds. The first kappa shape index (κ1) is 17.9. The molecule has 0 aliphatic carbocycles. The number of nitrogens with zero attached hydrogens (tertiary/aromatic N) is 1. The third-order valence-electron chi connectivity index (χ3n) is 2.88. The van der Waals surface area contributed by atoms with Gasteiger partial charge in [0, 0.05) is 41.1 Å². The zero-order valence-electron chi connectivity index (χ0n) is 12.3. The van der Waals surface area contributed by atoms with Gasteiger partial charge in [-0.2, -0.15) is 0 Å². The average molecular weight is 335 g/mol. The van der Waals surface area contributed by atoms with E-state index in [-0.39, 0.29) is 23.2 Å². The molecule has 0 aromatic carbocycles. The summed E-state index contributed by atoms with van der Waals surface area (Å²) in [6.45, 7) is 5.74. The molecule has 120 valence electrons. The van der Waals surface area contributed by atoms with Crippen LogP contribution < -0.4 is 10.5 Å². The Bertz CT molecular complexity index is 635. The topological polar surface area (TPSA) is 111 Å². The number of hydrogen-bond donors (Lipinski definition) is 2. The van der Waals surface area contributed by atoms with Crippen molar-refractivity contribution in [2.45, 2.75) is 31.7 Å². The average Bonchev–Trinajstić information content (AvgIpc) is 2.83. The molecule has 7 nitrogen and oxygen atoms in total. The first-order valence-electron chi connectivity index (χ1n) is 6.54. The van der Waals surface area contributed by atoms with Crippen LogP contribution in [0.2, 0.25) is 0 Å². The summed E-state index contributed by atoms with van der Waals surface area (Å²) in [6.07, 6.45) is 1.35. The number of nitrogens with two attached hydrogens (primary N) is 1. The third kappa shape index (κ3) is 4.94. The summed E-state index contributed by atoms with van der Waals surface area (Å²) in [7, 11) is -4.82. The molecule has 1 atom stereocenters. The van der Waals surface area contributed by atoms with Crippen LogP contribution in [0.25, 0.3) is 0 Å². The number of primary sulfonamides is 1. The molecule has 1 heterocycles. The number of amides is 1. The number of rotatable bonds is 7. The zero-order chi connectivity index (χ0) is 16.2. The van der Waals surface area contributed by atoms with E-state index in [1.165, 1.54) is 12.3 Å². The summed E-state index contributed by atoms with van der Waals surface area (Å²) in [5.74, 6) is 0.493. The second-order valence-corrected chi connectivity index (χ2v) is 8.22. The van der Waals surface area contributed by atoms with Gasteiger partial charge in [-0.1, -0.05) is 6.92 Å². The van der Waals surface area contributed by atoms with Gasteiger partial charge in [-0.15, -0.1) is 0 Å². The molecule has 1 aromatic rings. The highest BCUT2D eigenvalue weighted by Crippen LogP contribution is 2.17. The van der Waals surface area contributed by atoms with Gasteiger partial charge in [0.2, 0.25) is 10.0 Å². The molecule has 0 saturated heterocycles. The Morgan fingerprint density at radius 2 is 2.10 bits per heavy atom. The quantitative estimate of drug-likeness (QED) is 0.742. The van der Waals surface area contributed by atoms with Gasteiger partial charge in [0.05, 0.1) is 0 Å². The maximum absolute atomic E-state index is 12.1. The zero-order valence-corrected chi connectivity index (χ0v) is 14.0. The Hall–Kier alpha value is -1.19. The molecule has 0 spiro atoms. The van der Waals surface area contributed by atoms with Crippen LogP contribution in [0, 0.1) is 0 Å². The molecule has 9 heteroatoms. The van der Waals surface area contributed by atoms with Gasteiger partial charge in [-0.3, -0.25) is 9.00 Å². The predicted molar refractivity (Wildman–Crippen MR) is 82.1 cm³/mol. The molecule has 0 radical (unpaired) electrons. The summed E-state index contributed by atoms with van der Waals surface area (Å²) < 4.78 is 35.6. The fourth-order valence-electron chi connectivity index (χ4n) is 1.73. The van der Waals surface area contributed by atoms with Gasteiger partial charge in [0.25, 0.3) is 5.91 Å². The van der Waals surface area contributed by atoms with Crippen LogP contribution in [0.4, 0.5) is 0 Å². The molecule has 0 bridgehead atoms. The van der Waals surface area contributed by atoms with Gasteiger partial charge < -0.3 is 9.88 Å². The Labute approximate surface area is 127 Å². The molecule has 1 rings (SSSR count). The Kier molecular flexibility index (Phi) is 6.11. The molecular weight excluding hydrogens is 314 g/mol. The van der Waals surface area contributed by atoms with E-state index >= 15 is 0 Å². The first-order chi connectivity index (χ1) is 9.66. The van der Waals surface area contributed by atoms with Crippen molar-refractivity contribution in [1.82, 2.24) is 9.88 Å². The lowest BCUT2D eigenvalue weighted by Gasteiger charge is -2.12. The lowest BCUT2D eigenvalue weighted by molar-refractivity contribution is 0.0945. The van der Waals surface area contributed by atoms with Crippen molar-refractivity contribution in [1.29, 1.82) is 0 Å². The minimum absolute atomic E-state index is 0.0916. The number of hydrogen-bond acceptors (Lipinski definition) is 4. The summed E-state index contributed by atoms with van der Waals surface area (Å²) in [6, 6.07) is 1.16. The first-order valence-corrected chi connectivity index (χ1v) is 9.58. The second-order valence-electron chi connectivity index (χ2n) is 4.80. The Balaban J connectivity index is 2.93. The molecule has 3 N–H and O–H groups in total. The monoisotopic (exact) mass is 335 g/mol. The molecular formula is C12H21N3O4S2. The number of carbonyl (C=O) groups excluding carboxylic acids is 1. The van der Waals surface area contributed by atoms with Gasteiger partial charge in [0.1, 0.15) is 10.6 Å². The fourth-order valence-corrected chi connectivity index (χ4v) is 2.89.